The number of alkyl halides is 3. The molecule has 36 heavy (non-hydrogen) atoms. The maximum atomic E-state index is 14.6. The fourth-order valence-electron chi connectivity index (χ4n) is 4.15. The summed E-state index contributed by atoms with van der Waals surface area (Å²) < 4.78 is 85.3. The van der Waals surface area contributed by atoms with Crippen LogP contribution >= 0.6 is 0 Å². The second-order valence-electron chi connectivity index (χ2n) is 8.28. The number of fused-ring (bicyclic) bond motifs is 3. The molecule has 1 aromatic carbocycles. The molecule has 1 atom stereocenters. The smallest absolute Gasteiger partial charge is 0.433 e. The molecule has 2 aromatic heterocycles. The zero-order valence-electron chi connectivity index (χ0n) is 18.6. The average Bonchev–Trinajstić information content (AvgIpc) is 3.01. The highest BCUT2D eigenvalue weighted by Crippen LogP contribution is 2.33. The average molecular weight is 510 g/mol. The van der Waals surface area contributed by atoms with Crippen molar-refractivity contribution in [3.63, 3.8) is 0 Å². The number of benzene rings is 1. The lowest BCUT2D eigenvalue weighted by Crippen LogP contribution is -2.34. The Balaban J connectivity index is 1.31. The van der Waals surface area contributed by atoms with Crippen LogP contribution in [0.4, 0.5) is 27.8 Å². The number of ether oxygens (including phenoxy) is 3. The van der Waals surface area contributed by atoms with Crippen LogP contribution in [0.5, 0.6) is 17.4 Å². The monoisotopic (exact) mass is 510 g/mol. The van der Waals surface area contributed by atoms with E-state index in [1.165, 1.54) is 4.57 Å². The van der Waals surface area contributed by atoms with E-state index in [0.29, 0.717) is 38.2 Å². The van der Waals surface area contributed by atoms with E-state index in [9.17, 15) is 26.7 Å². The third-order valence-corrected chi connectivity index (χ3v) is 5.78. The van der Waals surface area contributed by atoms with Crippen LogP contribution in [0.15, 0.2) is 41.3 Å². The Morgan fingerprint density at radius 1 is 1.14 bits per heavy atom. The fourth-order valence-corrected chi connectivity index (χ4v) is 4.15. The van der Waals surface area contributed by atoms with E-state index in [1.807, 2.05) is 0 Å². The van der Waals surface area contributed by atoms with Crippen LogP contribution in [-0.2, 0) is 24.1 Å². The van der Waals surface area contributed by atoms with Gasteiger partial charge in [-0.15, -0.1) is 0 Å². The van der Waals surface area contributed by atoms with Gasteiger partial charge < -0.3 is 19.1 Å². The number of aromatic nitrogens is 3. The first-order valence-corrected chi connectivity index (χ1v) is 11.0. The molecule has 2 aliphatic rings. The maximum Gasteiger partial charge on any atom is 0.433 e. The Hall–Kier alpha value is -3.74. The summed E-state index contributed by atoms with van der Waals surface area (Å²) in [6.07, 6.45) is -3.12. The van der Waals surface area contributed by atoms with E-state index >= 15 is 0 Å². The summed E-state index contributed by atoms with van der Waals surface area (Å²) in [5, 5.41) is 0. The largest absolute Gasteiger partial charge is 0.473 e. The van der Waals surface area contributed by atoms with Crippen LogP contribution in [0.3, 0.4) is 0 Å². The third kappa shape index (κ3) is 4.83. The Labute approximate surface area is 200 Å². The maximum absolute atomic E-state index is 14.6. The van der Waals surface area contributed by atoms with Crippen molar-refractivity contribution in [3.05, 3.63) is 69.9 Å². The summed E-state index contributed by atoms with van der Waals surface area (Å²) in [6, 6.07) is 5.04. The lowest BCUT2D eigenvalue weighted by molar-refractivity contribution is -0.141. The third-order valence-electron chi connectivity index (χ3n) is 5.78. The second kappa shape index (κ2) is 9.37. The van der Waals surface area contributed by atoms with Crippen LogP contribution in [0.25, 0.3) is 0 Å². The van der Waals surface area contributed by atoms with Gasteiger partial charge in [-0.3, -0.25) is 9.55 Å². The number of nitrogens with zero attached hydrogens (tertiary/aromatic N) is 4. The molecule has 1 saturated heterocycles. The zero-order valence-corrected chi connectivity index (χ0v) is 18.6. The van der Waals surface area contributed by atoms with Gasteiger partial charge in [-0.25, -0.2) is 13.6 Å². The molecule has 190 valence electrons. The summed E-state index contributed by atoms with van der Waals surface area (Å²) in [4.78, 5) is 21.6. The van der Waals surface area contributed by atoms with Gasteiger partial charge in [0.25, 0.3) is 0 Å². The van der Waals surface area contributed by atoms with Gasteiger partial charge in [0, 0.05) is 31.5 Å². The van der Waals surface area contributed by atoms with Gasteiger partial charge in [0.05, 0.1) is 19.2 Å². The molecule has 1 unspecified atom stereocenters. The van der Waals surface area contributed by atoms with Crippen molar-refractivity contribution in [1.29, 1.82) is 0 Å². The SMILES string of the molecule is O=c1nc(OCc2cc(F)c(Oc3ccnc(C(F)(F)F)c3)c(F)c2)cc2n1CC1COCCCN21. The minimum Gasteiger partial charge on any atom is -0.473 e. The van der Waals surface area contributed by atoms with Gasteiger partial charge in [-0.05, 0) is 30.2 Å². The van der Waals surface area contributed by atoms with Gasteiger partial charge in [0.1, 0.15) is 23.9 Å². The Morgan fingerprint density at radius 2 is 1.92 bits per heavy atom. The molecule has 5 rings (SSSR count). The molecular formula is C23H19F5N4O4. The van der Waals surface area contributed by atoms with E-state index in [-0.39, 0.29) is 24.1 Å². The molecule has 13 heteroatoms. The molecule has 8 nitrogen and oxygen atoms in total. The summed E-state index contributed by atoms with van der Waals surface area (Å²) in [7, 11) is 0. The molecule has 2 aliphatic heterocycles. The van der Waals surface area contributed by atoms with Crippen molar-refractivity contribution in [2.24, 2.45) is 0 Å². The van der Waals surface area contributed by atoms with Gasteiger partial charge in [-0.1, -0.05) is 0 Å². The van der Waals surface area contributed by atoms with Crippen molar-refractivity contribution in [2.45, 2.75) is 31.8 Å². The molecule has 0 radical (unpaired) electrons. The Bertz CT molecular complexity index is 1320. The summed E-state index contributed by atoms with van der Waals surface area (Å²) >= 11 is 0. The van der Waals surface area contributed by atoms with Crippen molar-refractivity contribution >= 4 is 5.82 Å². The number of pyridine rings is 1. The topological polar surface area (TPSA) is 78.7 Å². The fraction of sp³-hybridized carbons (Fsp3) is 0.348. The molecule has 0 aliphatic carbocycles. The van der Waals surface area contributed by atoms with Crippen LogP contribution in [0, 0.1) is 11.6 Å². The molecule has 0 saturated carbocycles. The van der Waals surface area contributed by atoms with Gasteiger partial charge in [0.2, 0.25) is 5.88 Å². The van der Waals surface area contributed by atoms with Gasteiger partial charge in [0.15, 0.2) is 17.4 Å². The number of hydrogen-bond acceptors (Lipinski definition) is 7. The Kier molecular flexibility index (Phi) is 6.24. The molecule has 0 bridgehead atoms. The van der Waals surface area contributed by atoms with E-state index < -0.39 is 40.7 Å². The Morgan fingerprint density at radius 3 is 2.67 bits per heavy atom. The summed E-state index contributed by atoms with van der Waals surface area (Å²) in [5.74, 6) is -2.96. The number of rotatable bonds is 5. The molecule has 0 amide bonds. The summed E-state index contributed by atoms with van der Waals surface area (Å²) in [6.45, 7) is 1.95. The highest BCUT2D eigenvalue weighted by molar-refractivity contribution is 5.47. The van der Waals surface area contributed by atoms with Crippen molar-refractivity contribution < 1.29 is 36.2 Å². The predicted molar refractivity (Wildman–Crippen MR) is 115 cm³/mol. The normalized spacial score (nSPS) is 17.4. The first kappa shape index (κ1) is 24.0. The number of anilines is 1. The first-order chi connectivity index (χ1) is 17.2. The van der Waals surface area contributed by atoms with Crippen molar-refractivity contribution in [2.75, 3.05) is 24.7 Å². The van der Waals surface area contributed by atoms with Crippen molar-refractivity contribution in [1.82, 2.24) is 14.5 Å². The molecule has 3 aromatic rings. The van der Waals surface area contributed by atoms with Crippen LogP contribution in [0.1, 0.15) is 17.7 Å². The lowest BCUT2D eigenvalue weighted by atomic mass is 10.2. The van der Waals surface area contributed by atoms with Crippen molar-refractivity contribution in [3.8, 4) is 17.4 Å². The zero-order chi connectivity index (χ0) is 25.4. The minimum absolute atomic E-state index is 0.00493. The highest BCUT2D eigenvalue weighted by Gasteiger charge is 2.33. The van der Waals surface area contributed by atoms with Crippen LogP contribution in [-0.4, -0.2) is 40.3 Å². The number of halogens is 5. The minimum atomic E-state index is -4.74. The molecule has 0 N–H and O–H groups in total. The molecular weight excluding hydrogens is 491 g/mol. The van der Waals surface area contributed by atoms with E-state index in [4.69, 9.17) is 14.2 Å². The predicted octanol–water partition coefficient (Wildman–Crippen LogP) is 3.92. The standard InChI is InChI=1S/C23H19F5N4O4/c24-16-6-13(7-17(25)21(16)36-15-2-3-29-18(8-15)23(26,27)28)11-35-19-9-20-31-4-1-5-34-12-14(31)10-32(20)22(33)30-19/h2-3,6-9,14H,1,4-5,10-12H2. The van der Waals surface area contributed by atoms with E-state index in [2.05, 4.69) is 14.9 Å². The second-order valence-corrected chi connectivity index (χ2v) is 8.28. The number of hydrogen-bond donors (Lipinski definition) is 0. The molecule has 1 fully saturated rings. The quantitative estimate of drug-likeness (QED) is 0.482. The van der Waals surface area contributed by atoms with Crippen LogP contribution < -0.4 is 20.1 Å². The molecule has 0 spiro atoms. The van der Waals surface area contributed by atoms with Gasteiger partial charge >= 0.3 is 11.9 Å². The van der Waals surface area contributed by atoms with E-state index in [0.717, 1.165) is 30.8 Å². The highest BCUT2D eigenvalue weighted by atomic mass is 19.4. The first-order valence-electron chi connectivity index (χ1n) is 11.0. The summed E-state index contributed by atoms with van der Waals surface area (Å²) in [5.41, 5.74) is -1.71. The van der Waals surface area contributed by atoms with Crippen LogP contribution in [0.2, 0.25) is 0 Å². The molecule has 4 heterocycles. The lowest BCUT2D eigenvalue weighted by Gasteiger charge is -2.22. The van der Waals surface area contributed by atoms with E-state index in [1.54, 1.807) is 6.07 Å². The van der Waals surface area contributed by atoms with Gasteiger partial charge in [-0.2, -0.15) is 18.2 Å².